The van der Waals surface area contributed by atoms with Crippen molar-refractivity contribution in [3.63, 3.8) is 0 Å². The van der Waals surface area contributed by atoms with E-state index in [1.807, 2.05) is 61.5 Å². The lowest BCUT2D eigenvalue weighted by molar-refractivity contribution is -0.122. The van der Waals surface area contributed by atoms with Crippen LogP contribution in [0.3, 0.4) is 0 Å². The summed E-state index contributed by atoms with van der Waals surface area (Å²) in [4.78, 5) is 16.6. The van der Waals surface area contributed by atoms with Crippen LogP contribution < -0.4 is 10.0 Å². The van der Waals surface area contributed by atoms with Crippen molar-refractivity contribution in [3.8, 4) is 0 Å². The fourth-order valence-electron chi connectivity index (χ4n) is 3.75. The van der Waals surface area contributed by atoms with Crippen LogP contribution in [-0.4, -0.2) is 25.4 Å². The largest absolute Gasteiger partial charge is 0.358 e. The number of para-hydroxylation sites is 1. The van der Waals surface area contributed by atoms with E-state index in [1.54, 1.807) is 18.2 Å². The molecule has 3 aromatic carbocycles. The molecule has 0 fully saturated rings. The molecule has 4 rings (SSSR count). The number of amides is 1. The first-order chi connectivity index (χ1) is 15.4. The summed E-state index contributed by atoms with van der Waals surface area (Å²) in [5, 5.41) is 3.85. The molecular weight excluding hydrogens is 422 g/mol. The molecule has 1 aromatic heterocycles. The predicted molar refractivity (Wildman–Crippen MR) is 126 cm³/mol. The molecule has 0 aliphatic carbocycles. The number of hydrogen-bond donors (Lipinski definition) is 3. The Morgan fingerprint density at radius 1 is 0.906 bits per heavy atom. The smallest absolute Gasteiger partial charge is 0.241 e. The lowest BCUT2D eigenvalue weighted by Crippen LogP contribution is -2.47. The molecule has 7 heteroatoms. The van der Waals surface area contributed by atoms with Crippen LogP contribution in [0.15, 0.2) is 89.8 Å². The van der Waals surface area contributed by atoms with Crippen LogP contribution in [0.5, 0.6) is 0 Å². The number of fused-ring (bicyclic) bond motifs is 1. The second-order valence-electron chi connectivity index (χ2n) is 7.67. The minimum absolute atomic E-state index is 0.122. The number of aromatic nitrogens is 1. The van der Waals surface area contributed by atoms with Gasteiger partial charge in [-0.15, -0.1) is 0 Å². The summed E-state index contributed by atoms with van der Waals surface area (Å²) in [6, 6.07) is 24.4. The highest BCUT2D eigenvalue weighted by Crippen LogP contribution is 2.24. The molecule has 0 bridgehead atoms. The standard InChI is InChI=1S/C25H25N3O3S/c1-18-22(21-14-8-9-15-23(21)27-18)16-24(25(29)26-17-19-10-4-2-5-11-19)28-32(30,31)20-12-6-3-7-13-20/h2-15,24,27-28H,16-17H2,1H3,(H,26,29)/t24-/m0/s1. The van der Waals surface area contributed by atoms with Crippen molar-refractivity contribution in [2.75, 3.05) is 0 Å². The number of H-pyrrole nitrogens is 1. The first-order valence-electron chi connectivity index (χ1n) is 10.4. The van der Waals surface area contributed by atoms with Crippen molar-refractivity contribution in [1.29, 1.82) is 0 Å². The van der Waals surface area contributed by atoms with Crippen LogP contribution in [0.2, 0.25) is 0 Å². The third-order valence-electron chi connectivity index (χ3n) is 5.41. The summed E-state index contributed by atoms with van der Waals surface area (Å²) in [5.74, 6) is -0.377. The van der Waals surface area contributed by atoms with Gasteiger partial charge in [-0.3, -0.25) is 4.79 Å². The molecule has 1 atom stereocenters. The lowest BCUT2D eigenvalue weighted by atomic mass is 10.0. The van der Waals surface area contributed by atoms with Crippen molar-refractivity contribution >= 4 is 26.8 Å². The van der Waals surface area contributed by atoms with E-state index in [2.05, 4.69) is 15.0 Å². The number of aromatic amines is 1. The molecule has 3 N–H and O–H groups in total. The molecule has 4 aromatic rings. The quantitative estimate of drug-likeness (QED) is 0.385. The molecule has 0 spiro atoms. The van der Waals surface area contributed by atoms with Crippen molar-refractivity contribution in [2.24, 2.45) is 0 Å². The minimum Gasteiger partial charge on any atom is -0.358 e. The highest BCUT2D eigenvalue weighted by atomic mass is 32.2. The summed E-state index contributed by atoms with van der Waals surface area (Å²) in [6.07, 6.45) is 0.225. The van der Waals surface area contributed by atoms with E-state index in [0.717, 1.165) is 27.7 Å². The Bertz CT molecular complexity index is 1320. The van der Waals surface area contributed by atoms with E-state index in [-0.39, 0.29) is 17.2 Å². The van der Waals surface area contributed by atoms with Gasteiger partial charge in [0.05, 0.1) is 4.90 Å². The third kappa shape index (κ3) is 4.90. The normalized spacial score (nSPS) is 12.5. The van der Waals surface area contributed by atoms with Gasteiger partial charge in [0.25, 0.3) is 0 Å². The first kappa shape index (κ1) is 21.8. The zero-order valence-corrected chi connectivity index (χ0v) is 18.5. The second-order valence-corrected chi connectivity index (χ2v) is 9.38. The number of sulfonamides is 1. The van der Waals surface area contributed by atoms with Gasteiger partial charge in [-0.25, -0.2) is 8.42 Å². The SMILES string of the molecule is Cc1[nH]c2ccccc2c1C[C@H](NS(=O)(=O)c1ccccc1)C(=O)NCc1ccccc1. The molecule has 1 heterocycles. The summed E-state index contributed by atoms with van der Waals surface area (Å²) in [6.45, 7) is 2.25. The number of carbonyl (C=O) groups excluding carboxylic acids is 1. The third-order valence-corrected chi connectivity index (χ3v) is 6.90. The van der Waals surface area contributed by atoms with Crippen LogP contribution in [0, 0.1) is 6.92 Å². The van der Waals surface area contributed by atoms with Gasteiger partial charge in [0, 0.05) is 29.6 Å². The first-order valence-corrected chi connectivity index (χ1v) is 11.9. The highest BCUT2D eigenvalue weighted by Gasteiger charge is 2.27. The molecule has 0 radical (unpaired) electrons. The van der Waals surface area contributed by atoms with E-state index >= 15 is 0 Å². The van der Waals surface area contributed by atoms with E-state index in [0.29, 0.717) is 6.54 Å². The molecule has 0 aliphatic heterocycles. The monoisotopic (exact) mass is 447 g/mol. The Kier molecular flexibility index (Phi) is 6.39. The van der Waals surface area contributed by atoms with Gasteiger partial charge in [0.2, 0.25) is 15.9 Å². The highest BCUT2D eigenvalue weighted by molar-refractivity contribution is 7.89. The molecule has 0 aliphatic rings. The van der Waals surface area contributed by atoms with E-state index < -0.39 is 16.1 Å². The molecular formula is C25H25N3O3S. The lowest BCUT2D eigenvalue weighted by Gasteiger charge is -2.19. The maximum Gasteiger partial charge on any atom is 0.241 e. The van der Waals surface area contributed by atoms with E-state index in [4.69, 9.17) is 0 Å². The fraction of sp³-hybridized carbons (Fsp3) is 0.160. The molecule has 164 valence electrons. The average Bonchev–Trinajstić information content (AvgIpc) is 3.13. The number of benzene rings is 3. The van der Waals surface area contributed by atoms with Gasteiger partial charge >= 0.3 is 0 Å². The summed E-state index contributed by atoms with van der Waals surface area (Å²) < 4.78 is 28.6. The number of aryl methyl sites for hydroxylation is 1. The second kappa shape index (κ2) is 9.38. The summed E-state index contributed by atoms with van der Waals surface area (Å²) >= 11 is 0. The Hall–Kier alpha value is -3.42. The number of rotatable bonds is 8. The van der Waals surface area contributed by atoms with Gasteiger partial charge in [-0.05, 0) is 36.2 Å². The molecule has 6 nitrogen and oxygen atoms in total. The van der Waals surface area contributed by atoms with Gasteiger partial charge in [0.15, 0.2) is 0 Å². The Balaban J connectivity index is 1.62. The zero-order valence-electron chi connectivity index (χ0n) is 17.7. The predicted octanol–water partition coefficient (Wildman–Crippen LogP) is 3.68. The van der Waals surface area contributed by atoms with Gasteiger partial charge < -0.3 is 10.3 Å². The van der Waals surface area contributed by atoms with E-state index in [9.17, 15) is 13.2 Å². The van der Waals surface area contributed by atoms with Crippen LogP contribution in [0.4, 0.5) is 0 Å². The van der Waals surface area contributed by atoms with Gasteiger partial charge in [-0.2, -0.15) is 4.72 Å². The number of carbonyl (C=O) groups is 1. The molecule has 1 amide bonds. The van der Waals surface area contributed by atoms with Crippen molar-refractivity contribution in [2.45, 2.75) is 30.8 Å². The molecule has 0 saturated heterocycles. The summed E-state index contributed by atoms with van der Waals surface area (Å²) in [5.41, 5.74) is 3.71. The average molecular weight is 448 g/mol. The minimum atomic E-state index is -3.88. The van der Waals surface area contributed by atoms with Crippen LogP contribution in [0.1, 0.15) is 16.8 Å². The maximum absolute atomic E-state index is 13.2. The van der Waals surface area contributed by atoms with Crippen molar-refractivity contribution < 1.29 is 13.2 Å². The zero-order chi connectivity index (χ0) is 22.6. The van der Waals surface area contributed by atoms with Crippen molar-refractivity contribution in [1.82, 2.24) is 15.0 Å². The van der Waals surface area contributed by atoms with E-state index in [1.165, 1.54) is 12.1 Å². The summed E-state index contributed by atoms with van der Waals surface area (Å²) in [7, 11) is -3.88. The molecule has 0 unspecified atom stereocenters. The van der Waals surface area contributed by atoms with Crippen LogP contribution >= 0.6 is 0 Å². The fourth-order valence-corrected chi connectivity index (χ4v) is 4.97. The molecule has 0 saturated carbocycles. The Morgan fingerprint density at radius 3 is 2.25 bits per heavy atom. The number of hydrogen-bond acceptors (Lipinski definition) is 3. The topological polar surface area (TPSA) is 91.1 Å². The van der Waals surface area contributed by atoms with Crippen LogP contribution in [-0.2, 0) is 27.8 Å². The Morgan fingerprint density at radius 2 is 1.53 bits per heavy atom. The number of nitrogens with one attached hydrogen (secondary N) is 3. The Labute approximate surface area is 187 Å². The van der Waals surface area contributed by atoms with Gasteiger partial charge in [0.1, 0.15) is 6.04 Å². The van der Waals surface area contributed by atoms with Crippen molar-refractivity contribution in [3.05, 3.63) is 102 Å². The van der Waals surface area contributed by atoms with Crippen LogP contribution in [0.25, 0.3) is 10.9 Å². The molecule has 32 heavy (non-hydrogen) atoms. The van der Waals surface area contributed by atoms with Gasteiger partial charge in [-0.1, -0.05) is 66.7 Å². The maximum atomic E-state index is 13.2.